The molecule has 0 bridgehead atoms. The lowest BCUT2D eigenvalue weighted by atomic mass is 10.2. The van der Waals surface area contributed by atoms with Crippen molar-refractivity contribution in [1.29, 1.82) is 0 Å². The lowest BCUT2D eigenvalue weighted by molar-refractivity contribution is -0.385. The molecule has 6 nitrogen and oxygen atoms in total. The van der Waals surface area contributed by atoms with Gasteiger partial charge in [0.25, 0.3) is 5.69 Å². The zero-order valence-corrected chi connectivity index (χ0v) is 10.2. The van der Waals surface area contributed by atoms with Gasteiger partial charge in [0.15, 0.2) is 0 Å². The highest BCUT2D eigenvalue weighted by Gasteiger charge is 2.11. The zero-order chi connectivity index (χ0) is 14.0. The predicted octanol–water partition coefficient (Wildman–Crippen LogP) is 2.03. The van der Waals surface area contributed by atoms with Gasteiger partial charge >= 0.3 is 0 Å². The number of aromatic nitrogens is 2. The molecule has 0 radical (unpaired) electrons. The molecule has 1 heterocycles. The summed E-state index contributed by atoms with van der Waals surface area (Å²) in [6, 6.07) is 3.39. The van der Waals surface area contributed by atoms with Gasteiger partial charge in [-0.25, -0.2) is 4.39 Å². The number of aliphatic hydroxyl groups excluding tert-OH is 1. The Morgan fingerprint density at radius 2 is 2.26 bits per heavy atom. The van der Waals surface area contributed by atoms with Gasteiger partial charge in [-0.1, -0.05) is 0 Å². The number of non-ortho nitro benzene ring substituents is 1. The van der Waals surface area contributed by atoms with Gasteiger partial charge in [-0.15, -0.1) is 0 Å². The molecule has 19 heavy (non-hydrogen) atoms. The molecule has 0 aliphatic heterocycles. The van der Waals surface area contributed by atoms with Crippen molar-refractivity contribution in [2.75, 3.05) is 0 Å². The highest BCUT2D eigenvalue weighted by molar-refractivity contribution is 5.35. The molecule has 1 atom stereocenters. The maximum absolute atomic E-state index is 13.3. The lowest BCUT2D eigenvalue weighted by Crippen LogP contribution is -2.01. The fourth-order valence-corrected chi connectivity index (χ4v) is 1.70. The van der Waals surface area contributed by atoms with Crippen LogP contribution in [0.5, 0.6) is 0 Å². The molecule has 1 N–H and O–H groups in total. The minimum absolute atomic E-state index is 0.200. The van der Waals surface area contributed by atoms with Gasteiger partial charge in [0.1, 0.15) is 5.82 Å². The van der Waals surface area contributed by atoms with E-state index in [-0.39, 0.29) is 12.2 Å². The summed E-state index contributed by atoms with van der Waals surface area (Å²) in [6.45, 7) is 1.81. The van der Waals surface area contributed by atoms with E-state index in [1.165, 1.54) is 23.0 Å². The Morgan fingerprint density at radius 3 is 2.84 bits per heavy atom. The second kappa shape index (κ2) is 5.15. The molecular weight excluding hydrogens is 253 g/mol. The number of nitrogens with zero attached hydrogens (tertiary/aromatic N) is 3. The molecule has 0 saturated carbocycles. The van der Waals surface area contributed by atoms with Gasteiger partial charge in [-0.2, -0.15) is 5.10 Å². The smallest absolute Gasteiger partial charge is 0.272 e. The molecule has 2 aromatic rings. The maximum atomic E-state index is 13.3. The van der Waals surface area contributed by atoms with Crippen molar-refractivity contribution >= 4 is 5.69 Å². The Kier molecular flexibility index (Phi) is 3.57. The van der Waals surface area contributed by atoms with Gasteiger partial charge in [0.05, 0.1) is 29.8 Å². The SMILES string of the molecule is CC(O)c1cnn(Cc2cc(F)cc([N+](=O)[O-])c2)c1. The van der Waals surface area contributed by atoms with Crippen molar-refractivity contribution in [3.05, 3.63) is 57.7 Å². The van der Waals surface area contributed by atoms with Gasteiger partial charge < -0.3 is 5.11 Å². The molecule has 0 amide bonds. The largest absolute Gasteiger partial charge is 0.389 e. The second-order valence-electron chi connectivity index (χ2n) is 4.22. The van der Waals surface area contributed by atoms with E-state index < -0.39 is 16.8 Å². The average Bonchev–Trinajstić information content (AvgIpc) is 2.76. The fourth-order valence-electron chi connectivity index (χ4n) is 1.70. The summed E-state index contributed by atoms with van der Waals surface area (Å²) >= 11 is 0. The van der Waals surface area contributed by atoms with Gasteiger partial charge in [0.2, 0.25) is 0 Å². The van der Waals surface area contributed by atoms with Crippen LogP contribution in [0.1, 0.15) is 24.2 Å². The number of hydrogen-bond donors (Lipinski definition) is 1. The highest BCUT2D eigenvalue weighted by atomic mass is 19.1. The topological polar surface area (TPSA) is 81.2 Å². The second-order valence-corrected chi connectivity index (χ2v) is 4.22. The van der Waals surface area contributed by atoms with E-state index >= 15 is 0 Å². The molecule has 0 spiro atoms. The van der Waals surface area contributed by atoms with Gasteiger partial charge in [-0.3, -0.25) is 14.8 Å². The Labute approximate surface area is 108 Å². The van der Waals surface area contributed by atoms with E-state index in [1.807, 2.05) is 0 Å². The van der Waals surface area contributed by atoms with Crippen molar-refractivity contribution in [1.82, 2.24) is 9.78 Å². The first-order valence-electron chi connectivity index (χ1n) is 5.60. The van der Waals surface area contributed by atoms with Crippen LogP contribution < -0.4 is 0 Å². The van der Waals surface area contributed by atoms with Crippen LogP contribution in [0.2, 0.25) is 0 Å². The zero-order valence-electron chi connectivity index (χ0n) is 10.2. The van der Waals surface area contributed by atoms with E-state index in [1.54, 1.807) is 13.1 Å². The Hall–Kier alpha value is -2.28. The molecule has 0 fully saturated rings. The summed E-state index contributed by atoms with van der Waals surface area (Å²) in [5.41, 5.74) is 0.774. The van der Waals surface area contributed by atoms with Crippen LogP contribution in [0.4, 0.5) is 10.1 Å². The summed E-state index contributed by atoms with van der Waals surface area (Å²) in [6.07, 6.45) is 2.47. The van der Waals surface area contributed by atoms with Crippen molar-refractivity contribution < 1.29 is 14.4 Å². The van der Waals surface area contributed by atoms with Crippen LogP contribution in [0.3, 0.4) is 0 Å². The quantitative estimate of drug-likeness (QED) is 0.677. The molecule has 2 rings (SSSR count). The molecule has 100 valence electrons. The van der Waals surface area contributed by atoms with Gasteiger partial charge in [0, 0.05) is 17.8 Å². The fraction of sp³-hybridized carbons (Fsp3) is 0.250. The van der Waals surface area contributed by atoms with Crippen LogP contribution in [0.15, 0.2) is 30.6 Å². The minimum Gasteiger partial charge on any atom is -0.389 e. The average molecular weight is 265 g/mol. The Balaban J connectivity index is 2.24. The minimum atomic E-state index is -0.660. The summed E-state index contributed by atoms with van der Waals surface area (Å²) < 4.78 is 14.7. The monoisotopic (exact) mass is 265 g/mol. The van der Waals surface area contributed by atoms with E-state index in [0.717, 1.165) is 6.07 Å². The summed E-state index contributed by atoms with van der Waals surface area (Å²) in [5, 5.41) is 24.0. The maximum Gasteiger partial charge on any atom is 0.272 e. The summed E-state index contributed by atoms with van der Waals surface area (Å²) in [5.74, 6) is -0.660. The Bertz CT molecular complexity index is 610. The number of rotatable bonds is 4. The summed E-state index contributed by atoms with van der Waals surface area (Å²) in [7, 11) is 0. The summed E-state index contributed by atoms with van der Waals surface area (Å²) in [4.78, 5) is 9.99. The third-order valence-electron chi connectivity index (χ3n) is 2.63. The van der Waals surface area contributed by atoms with Gasteiger partial charge in [-0.05, 0) is 18.6 Å². The number of benzene rings is 1. The van der Waals surface area contributed by atoms with Crippen LogP contribution in [0.25, 0.3) is 0 Å². The molecule has 1 aromatic carbocycles. The normalized spacial score (nSPS) is 12.4. The molecule has 0 aliphatic carbocycles. The Morgan fingerprint density at radius 1 is 1.53 bits per heavy atom. The van der Waals surface area contributed by atoms with E-state index in [0.29, 0.717) is 11.1 Å². The van der Waals surface area contributed by atoms with E-state index in [4.69, 9.17) is 0 Å². The van der Waals surface area contributed by atoms with Crippen molar-refractivity contribution in [3.63, 3.8) is 0 Å². The number of halogens is 1. The third kappa shape index (κ3) is 3.14. The van der Waals surface area contributed by atoms with Crippen LogP contribution in [-0.4, -0.2) is 19.8 Å². The highest BCUT2D eigenvalue weighted by Crippen LogP contribution is 2.18. The molecule has 1 unspecified atom stereocenters. The van der Waals surface area contributed by atoms with Crippen molar-refractivity contribution in [2.45, 2.75) is 19.6 Å². The van der Waals surface area contributed by atoms with Crippen LogP contribution >= 0.6 is 0 Å². The van der Waals surface area contributed by atoms with Crippen LogP contribution in [0, 0.1) is 15.9 Å². The van der Waals surface area contributed by atoms with Crippen molar-refractivity contribution in [2.24, 2.45) is 0 Å². The van der Waals surface area contributed by atoms with E-state index in [2.05, 4.69) is 5.10 Å². The number of nitro groups is 1. The molecular formula is C12H12FN3O3. The number of aliphatic hydroxyl groups is 1. The first kappa shape index (κ1) is 13.2. The van der Waals surface area contributed by atoms with E-state index in [9.17, 15) is 19.6 Å². The number of nitro benzene ring substituents is 1. The third-order valence-corrected chi connectivity index (χ3v) is 2.63. The predicted molar refractivity (Wildman–Crippen MR) is 65.0 cm³/mol. The molecule has 1 aromatic heterocycles. The first-order valence-corrected chi connectivity index (χ1v) is 5.60. The number of hydrogen-bond acceptors (Lipinski definition) is 4. The first-order chi connectivity index (χ1) is 8.95. The molecule has 0 saturated heterocycles. The standard InChI is InChI=1S/C12H12FN3O3/c1-8(17)10-5-14-15(7-10)6-9-2-11(13)4-12(3-9)16(18)19/h2-5,7-8,17H,6H2,1H3. The van der Waals surface area contributed by atoms with Crippen LogP contribution in [-0.2, 0) is 6.54 Å². The molecule has 7 heteroatoms. The molecule has 0 aliphatic rings. The van der Waals surface area contributed by atoms with Crippen molar-refractivity contribution in [3.8, 4) is 0 Å². The lowest BCUT2D eigenvalue weighted by Gasteiger charge is -2.03.